The molecule has 1 aromatic heterocycles. The Hall–Kier alpha value is -3.04. The van der Waals surface area contributed by atoms with Gasteiger partial charge >= 0.3 is 0 Å². The summed E-state index contributed by atoms with van der Waals surface area (Å²) in [6.45, 7) is 4.67. The maximum absolute atomic E-state index is 13.5. The van der Waals surface area contributed by atoms with Crippen LogP contribution in [0.25, 0.3) is 0 Å². The van der Waals surface area contributed by atoms with Gasteiger partial charge in [-0.05, 0) is 54.2 Å². The second-order valence-electron chi connectivity index (χ2n) is 9.29. The Balaban J connectivity index is 1.44. The highest BCUT2D eigenvalue weighted by Crippen LogP contribution is 2.27. The molecule has 9 heteroatoms. The van der Waals surface area contributed by atoms with E-state index in [1.54, 1.807) is 36.7 Å². The number of nitrogens with one attached hydrogen (secondary N) is 1. The molecule has 35 heavy (non-hydrogen) atoms. The van der Waals surface area contributed by atoms with Gasteiger partial charge in [-0.15, -0.1) is 0 Å². The van der Waals surface area contributed by atoms with E-state index in [9.17, 15) is 17.6 Å². The molecule has 186 valence electrons. The van der Waals surface area contributed by atoms with Gasteiger partial charge in [-0.2, -0.15) is 4.31 Å². The Morgan fingerprint density at radius 1 is 1.03 bits per heavy atom. The van der Waals surface area contributed by atoms with Gasteiger partial charge < -0.3 is 9.88 Å². The lowest BCUT2D eigenvalue weighted by atomic mass is 9.96. The first-order chi connectivity index (χ1) is 16.7. The number of benzene rings is 2. The van der Waals surface area contributed by atoms with Crippen LogP contribution in [0.2, 0.25) is 0 Å². The summed E-state index contributed by atoms with van der Waals surface area (Å²) in [5.74, 6) is 0.111. The topological polar surface area (TPSA) is 84.3 Å². The van der Waals surface area contributed by atoms with Crippen LogP contribution in [0.4, 0.5) is 4.39 Å². The van der Waals surface area contributed by atoms with E-state index in [1.807, 2.05) is 23.7 Å². The maximum Gasteiger partial charge on any atom is 0.243 e. The fourth-order valence-corrected chi connectivity index (χ4v) is 5.87. The van der Waals surface area contributed by atoms with Gasteiger partial charge in [-0.1, -0.05) is 38.1 Å². The van der Waals surface area contributed by atoms with Crippen LogP contribution in [-0.2, 0) is 21.9 Å². The Bertz CT molecular complexity index is 1260. The molecule has 1 aliphatic heterocycles. The van der Waals surface area contributed by atoms with E-state index < -0.39 is 16.1 Å². The standard InChI is InChI=1S/C26H31FN4O3S/c1-18(2)19-6-10-23(11-7-19)35(33,34)31-15-12-21(13-16-31)26(32)29-24(25-28-14-17-30(25)3)20-4-8-22(27)9-5-20/h4-11,14,17-18,21,24H,12-13,15-16H2,1-3H3,(H,29,32). The van der Waals surface area contributed by atoms with Crippen LogP contribution >= 0.6 is 0 Å². The fourth-order valence-electron chi connectivity index (χ4n) is 4.40. The molecule has 1 atom stereocenters. The summed E-state index contributed by atoms with van der Waals surface area (Å²) >= 11 is 0. The summed E-state index contributed by atoms with van der Waals surface area (Å²) < 4.78 is 43.0. The minimum atomic E-state index is -3.61. The van der Waals surface area contributed by atoms with Crippen LogP contribution in [0.5, 0.6) is 0 Å². The van der Waals surface area contributed by atoms with Crippen molar-refractivity contribution in [3.8, 4) is 0 Å². The zero-order chi connectivity index (χ0) is 25.2. The first-order valence-electron chi connectivity index (χ1n) is 11.8. The van der Waals surface area contributed by atoms with Crippen molar-refractivity contribution in [3.63, 3.8) is 0 Å². The molecule has 0 spiro atoms. The van der Waals surface area contributed by atoms with Gasteiger partial charge in [0.2, 0.25) is 15.9 Å². The highest BCUT2D eigenvalue weighted by atomic mass is 32.2. The van der Waals surface area contributed by atoms with Crippen molar-refractivity contribution in [1.29, 1.82) is 0 Å². The molecule has 1 aliphatic rings. The number of carbonyl (C=O) groups is 1. The first kappa shape index (κ1) is 25.1. The number of carbonyl (C=O) groups excluding carboxylic acids is 1. The number of hydrogen-bond donors (Lipinski definition) is 1. The van der Waals surface area contributed by atoms with Gasteiger partial charge in [-0.3, -0.25) is 4.79 Å². The second-order valence-corrected chi connectivity index (χ2v) is 11.2. The van der Waals surface area contributed by atoms with Crippen LogP contribution in [0.3, 0.4) is 0 Å². The number of amides is 1. The monoisotopic (exact) mass is 498 g/mol. The minimum Gasteiger partial charge on any atom is -0.342 e. The Labute approximate surface area is 206 Å². The number of sulfonamides is 1. The van der Waals surface area contributed by atoms with Crippen molar-refractivity contribution in [2.24, 2.45) is 13.0 Å². The van der Waals surface area contributed by atoms with E-state index in [-0.39, 0.29) is 35.6 Å². The molecule has 3 aromatic rings. The average molecular weight is 499 g/mol. The van der Waals surface area contributed by atoms with E-state index in [0.717, 1.165) is 11.1 Å². The summed E-state index contributed by atoms with van der Waals surface area (Å²) in [4.78, 5) is 17.8. The zero-order valence-corrected chi connectivity index (χ0v) is 21.0. The lowest BCUT2D eigenvalue weighted by Gasteiger charge is -2.31. The van der Waals surface area contributed by atoms with Gasteiger partial charge in [0.1, 0.15) is 17.7 Å². The molecule has 1 unspecified atom stereocenters. The van der Waals surface area contributed by atoms with Gasteiger partial charge in [0.15, 0.2) is 0 Å². The quantitative estimate of drug-likeness (QED) is 0.534. The van der Waals surface area contributed by atoms with Crippen molar-refractivity contribution in [3.05, 3.63) is 83.7 Å². The number of hydrogen-bond acceptors (Lipinski definition) is 4. The van der Waals surface area contributed by atoms with E-state index in [2.05, 4.69) is 24.1 Å². The third kappa shape index (κ3) is 5.46. The normalized spacial score (nSPS) is 16.4. The van der Waals surface area contributed by atoms with Gasteiger partial charge in [0.25, 0.3) is 0 Å². The molecule has 0 saturated carbocycles. The lowest BCUT2D eigenvalue weighted by Crippen LogP contribution is -2.44. The minimum absolute atomic E-state index is 0.166. The van der Waals surface area contributed by atoms with Gasteiger partial charge in [0, 0.05) is 38.4 Å². The molecular weight excluding hydrogens is 467 g/mol. The smallest absolute Gasteiger partial charge is 0.243 e. The summed E-state index contributed by atoms with van der Waals surface area (Å²) in [7, 11) is -1.78. The third-order valence-electron chi connectivity index (χ3n) is 6.62. The summed E-state index contributed by atoms with van der Waals surface area (Å²) in [6.07, 6.45) is 4.28. The van der Waals surface area contributed by atoms with E-state index in [4.69, 9.17) is 0 Å². The molecular formula is C26H31FN4O3S. The maximum atomic E-state index is 13.5. The number of aromatic nitrogens is 2. The largest absolute Gasteiger partial charge is 0.342 e. The van der Waals surface area contributed by atoms with Crippen molar-refractivity contribution >= 4 is 15.9 Å². The van der Waals surface area contributed by atoms with Crippen LogP contribution in [0.15, 0.2) is 65.8 Å². The molecule has 0 radical (unpaired) electrons. The van der Waals surface area contributed by atoms with Crippen LogP contribution in [0, 0.1) is 11.7 Å². The molecule has 1 amide bonds. The molecule has 2 aromatic carbocycles. The van der Waals surface area contributed by atoms with E-state index >= 15 is 0 Å². The molecule has 0 aliphatic carbocycles. The summed E-state index contributed by atoms with van der Waals surface area (Å²) in [5.41, 5.74) is 1.81. The highest BCUT2D eigenvalue weighted by molar-refractivity contribution is 7.89. The summed E-state index contributed by atoms with van der Waals surface area (Å²) in [6, 6.07) is 12.5. The van der Waals surface area contributed by atoms with Crippen LogP contribution in [0.1, 0.15) is 55.6 Å². The Kier molecular flexibility index (Phi) is 7.37. The molecule has 4 rings (SSSR count). The van der Waals surface area contributed by atoms with Crippen LogP contribution in [-0.4, -0.2) is 41.3 Å². The predicted molar refractivity (Wildman–Crippen MR) is 132 cm³/mol. The zero-order valence-electron chi connectivity index (χ0n) is 20.2. The van der Waals surface area contributed by atoms with Crippen molar-refractivity contribution in [1.82, 2.24) is 19.2 Å². The van der Waals surface area contributed by atoms with E-state index in [0.29, 0.717) is 24.6 Å². The molecule has 2 heterocycles. The Morgan fingerprint density at radius 3 is 2.17 bits per heavy atom. The number of aryl methyl sites for hydroxylation is 1. The van der Waals surface area contributed by atoms with Gasteiger partial charge in [0.05, 0.1) is 4.90 Å². The summed E-state index contributed by atoms with van der Waals surface area (Å²) in [5, 5.41) is 3.06. The number of piperidine rings is 1. The molecule has 7 nitrogen and oxygen atoms in total. The van der Waals surface area contributed by atoms with E-state index in [1.165, 1.54) is 16.4 Å². The van der Waals surface area contributed by atoms with Crippen molar-refractivity contribution in [2.45, 2.75) is 43.5 Å². The molecule has 1 fully saturated rings. The lowest BCUT2D eigenvalue weighted by molar-refractivity contribution is -0.126. The molecule has 1 N–H and O–H groups in total. The molecule has 1 saturated heterocycles. The van der Waals surface area contributed by atoms with Gasteiger partial charge in [-0.25, -0.2) is 17.8 Å². The first-order valence-corrected chi connectivity index (χ1v) is 13.2. The SMILES string of the molecule is CC(C)c1ccc(S(=O)(=O)N2CCC(C(=O)NC(c3ccc(F)cc3)c3nccn3C)CC2)cc1. The number of halogens is 1. The number of rotatable bonds is 7. The second kappa shape index (κ2) is 10.3. The molecule has 0 bridgehead atoms. The van der Waals surface area contributed by atoms with Crippen LogP contribution < -0.4 is 5.32 Å². The third-order valence-corrected chi connectivity index (χ3v) is 8.53. The van der Waals surface area contributed by atoms with Crippen molar-refractivity contribution < 1.29 is 17.6 Å². The number of imidazole rings is 1. The number of nitrogens with zero attached hydrogens (tertiary/aromatic N) is 3. The Morgan fingerprint density at radius 2 is 1.63 bits per heavy atom. The predicted octanol–water partition coefficient (Wildman–Crippen LogP) is 3.99. The van der Waals surface area contributed by atoms with Crippen molar-refractivity contribution in [2.75, 3.05) is 13.1 Å². The average Bonchev–Trinajstić information content (AvgIpc) is 3.28. The fraction of sp³-hybridized carbons (Fsp3) is 0.385. The highest BCUT2D eigenvalue weighted by Gasteiger charge is 2.33.